The first-order valence-electron chi connectivity index (χ1n) is 5.54. The van der Waals surface area contributed by atoms with Gasteiger partial charge in [-0.3, -0.25) is 14.6 Å². The number of hydrogen-bond donors (Lipinski definition) is 1. The van der Waals surface area contributed by atoms with Gasteiger partial charge in [0, 0.05) is 12.7 Å². The second-order valence-corrected chi connectivity index (χ2v) is 3.99. The highest BCUT2D eigenvalue weighted by molar-refractivity contribution is 5.93. The van der Waals surface area contributed by atoms with Crippen molar-refractivity contribution in [3.63, 3.8) is 0 Å². The van der Waals surface area contributed by atoms with Gasteiger partial charge in [-0.25, -0.2) is 0 Å². The Hall–Kier alpha value is -1.91. The van der Waals surface area contributed by atoms with Crippen LogP contribution in [0.15, 0.2) is 24.4 Å². The van der Waals surface area contributed by atoms with Crippen molar-refractivity contribution in [3.05, 3.63) is 36.5 Å². The number of aromatic nitrogens is 1. The summed E-state index contributed by atoms with van der Waals surface area (Å²) in [5, 5.41) is 0. The third kappa shape index (κ3) is 2.61. The zero-order chi connectivity index (χ0) is 12.3. The van der Waals surface area contributed by atoms with Gasteiger partial charge in [0.2, 0.25) is 11.8 Å². The van der Waals surface area contributed by atoms with Crippen molar-refractivity contribution in [2.45, 2.75) is 18.9 Å². The number of likely N-dealkylation sites (tertiary alicyclic amines) is 1. The first-order valence-corrected chi connectivity index (χ1v) is 5.54. The fourth-order valence-corrected chi connectivity index (χ4v) is 2.00. The number of nitrogens with zero attached hydrogens (tertiary/aromatic N) is 2. The quantitative estimate of drug-likeness (QED) is 0.803. The summed E-state index contributed by atoms with van der Waals surface area (Å²) in [5.74, 6) is -0.643. The molecular formula is C12H14N3O2. The summed E-state index contributed by atoms with van der Waals surface area (Å²) in [6.45, 7) is 0.579. The van der Waals surface area contributed by atoms with Crippen LogP contribution in [0.4, 0.5) is 0 Å². The van der Waals surface area contributed by atoms with E-state index < -0.39 is 11.9 Å². The predicted octanol–water partition coefficient (Wildman–Crippen LogP) is 0.110. The zero-order valence-corrected chi connectivity index (χ0v) is 9.37. The van der Waals surface area contributed by atoms with Crippen molar-refractivity contribution in [1.29, 1.82) is 0 Å². The Labute approximate surface area is 99.6 Å². The van der Waals surface area contributed by atoms with Gasteiger partial charge in [0.1, 0.15) is 6.04 Å². The Morgan fingerprint density at radius 1 is 1.47 bits per heavy atom. The van der Waals surface area contributed by atoms with Gasteiger partial charge in [0.05, 0.1) is 12.1 Å². The monoisotopic (exact) mass is 232 g/mol. The van der Waals surface area contributed by atoms with Gasteiger partial charge >= 0.3 is 0 Å². The van der Waals surface area contributed by atoms with Crippen LogP contribution in [-0.4, -0.2) is 34.3 Å². The van der Waals surface area contributed by atoms with Gasteiger partial charge in [0.15, 0.2) is 0 Å². The largest absolute Gasteiger partial charge is 0.368 e. The van der Waals surface area contributed by atoms with Crippen molar-refractivity contribution in [3.8, 4) is 0 Å². The molecule has 0 aromatic carbocycles. The lowest BCUT2D eigenvalue weighted by Crippen LogP contribution is -2.43. The van der Waals surface area contributed by atoms with Crippen LogP contribution in [0.25, 0.3) is 0 Å². The van der Waals surface area contributed by atoms with Gasteiger partial charge in [0.25, 0.3) is 0 Å². The molecule has 0 aliphatic carbocycles. The van der Waals surface area contributed by atoms with Gasteiger partial charge in [-0.1, -0.05) is 6.07 Å². The third-order valence-electron chi connectivity index (χ3n) is 2.82. The molecule has 2 heterocycles. The van der Waals surface area contributed by atoms with E-state index in [1.165, 1.54) is 11.3 Å². The lowest BCUT2D eigenvalue weighted by molar-refractivity contribution is -0.134. The smallest absolute Gasteiger partial charge is 0.240 e. The Morgan fingerprint density at radius 2 is 2.29 bits per heavy atom. The van der Waals surface area contributed by atoms with Crippen molar-refractivity contribution in [2.24, 2.45) is 5.73 Å². The number of carbonyl (C=O) groups is 2. The number of pyridine rings is 1. The summed E-state index contributed by atoms with van der Waals surface area (Å²) in [5.41, 5.74) is 5.85. The zero-order valence-electron chi connectivity index (χ0n) is 9.37. The first kappa shape index (κ1) is 11.6. The number of primary amides is 1. The minimum Gasteiger partial charge on any atom is -0.368 e. The Balaban J connectivity index is 2.03. The van der Waals surface area contributed by atoms with E-state index in [1.54, 1.807) is 18.3 Å². The molecular weight excluding hydrogens is 218 g/mol. The molecule has 0 saturated carbocycles. The van der Waals surface area contributed by atoms with E-state index in [2.05, 4.69) is 4.98 Å². The molecule has 1 aliphatic rings. The van der Waals surface area contributed by atoms with E-state index in [1.807, 2.05) is 6.07 Å². The molecule has 2 rings (SSSR count). The number of carbonyl (C=O) groups excluding carboxylic acids is 2. The van der Waals surface area contributed by atoms with E-state index in [4.69, 9.17) is 5.73 Å². The molecule has 1 fully saturated rings. The summed E-state index contributed by atoms with van der Waals surface area (Å²) >= 11 is 0. The minimum absolute atomic E-state index is 0.204. The highest BCUT2D eigenvalue weighted by atomic mass is 16.2. The van der Waals surface area contributed by atoms with Crippen LogP contribution in [0.1, 0.15) is 18.5 Å². The van der Waals surface area contributed by atoms with E-state index in [-0.39, 0.29) is 5.91 Å². The molecule has 1 atom stereocenters. The maximum atomic E-state index is 12.0. The Bertz CT molecular complexity index is 419. The fraction of sp³-hybridized carbons (Fsp3) is 0.333. The predicted molar refractivity (Wildman–Crippen MR) is 61.6 cm³/mol. The van der Waals surface area contributed by atoms with E-state index >= 15 is 0 Å². The number of nitrogens with two attached hydrogens (primary N) is 1. The van der Waals surface area contributed by atoms with E-state index in [9.17, 15) is 9.59 Å². The molecule has 2 amide bonds. The second kappa shape index (κ2) is 4.95. The van der Waals surface area contributed by atoms with Crippen molar-refractivity contribution in [2.75, 3.05) is 6.54 Å². The molecule has 5 nitrogen and oxygen atoms in total. The molecule has 2 N–H and O–H groups in total. The molecule has 0 bridgehead atoms. The normalized spacial score (nSPS) is 19.3. The van der Waals surface area contributed by atoms with E-state index in [0.717, 1.165) is 6.42 Å². The van der Waals surface area contributed by atoms with Crippen LogP contribution in [-0.2, 0) is 9.59 Å². The topological polar surface area (TPSA) is 76.3 Å². The van der Waals surface area contributed by atoms with E-state index in [0.29, 0.717) is 18.7 Å². The molecule has 1 radical (unpaired) electrons. The molecule has 1 aromatic heterocycles. The molecule has 17 heavy (non-hydrogen) atoms. The van der Waals surface area contributed by atoms with Gasteiger partial charge in [-0.2, -0.15) is 0 Å². The summed E-state index contributed by atoms with van der Waals surface area (Å²) in [4.78, 5) is 28.7. The van der Waals surface area contributed by atoms with Crippen molar-refractivity contribution >= 4 is 11.8 Å². The standard InChI is InChI=1S/C12H14N3O2/c13-12(17)10-5-3-7-15(10)11(16)8-9-4-1-2-6-14-9/h1-2,4,6,8,10H,3,5,7H2,(H2,13,17). The number of rotatable bonds is 3. The van der Waals surface area contributed by atoms with Gasteiger partial charge in [-0.05, 0) is 25.0 Å². The molecule has 1 unspecified atom stereocenters. The fourth-order valence-electron chi connectivity index (χ4n) is 2.00. The summed E-state index contributed by atoms with van der Waals surface area (Å²) in [6.07, 6.45) is 4.52. The Morgan fingerprint density at radius 3 is 2.94 bits per heavy atom. The number of hydrogen-bond acceptors (Lipinski definition) is 3. The third-order valence-corrected chi connectivity index (χ3v) is 2.82. The van der Waals surface area contributed by atoms with Crippen LogP contribution in [0.2, 0.25) is 0 Å². The van der Waals surface area contributed by atoms with Crippen molar-refractivity contribution < 1.29 is 9.59 Å². The van der Waals surface area contributed by atoms with Gasteiger partial charge in [-0.15, -0.1) is 0 Å². The number of amides is 2. The highest BCUT2D eigenvalue weighted by Crippen LogP contribution is 2.18. The molecule has 89 valence electrons. The van der Waals surface area contributed by atoms with Crippen LogP contribution < -0.4 is 5.73 Å². The van der Waals surface area contributed by atoms with Crippen LogP contribution in [0.3, 0.4) is 0 Å². The maximum Gasteiger partial charge on any atom is 0.240 e. The summed E-state index contributed by atoms with van der Waals surface area (Å²) in [6, 6.07) is 4.86. The average molecular weight is 232 g/mol. The SMILES string of the molecule is NC(=O)C1CCCN1C(=O)[CH]c1ccccn1. The maximum absolute atomic E-state index is 12.0. The molecule has 1 aliphatic heterocycles. The van der Waals surface area contributed by atoms with Crippen LogP contribution >= 0.6 is 0 Å². The highest BCUT2D eigenvalue weighted by Gasteiger charge is 2.32. The minimum atomic E-state index is -0.470. The van der Waals surface area contributed by atoms with Crippen LogP contribution in [0, 0.1) is 6.42 Å². The lowest BCUT2D eigenvalue weighted by Gasteiger charge is -2.21. The lowest BCUT2D eigenvalue weighted by atomic mass is 10.2. The van der Waals surface area contributed by atoms with Gasteiger partial charge < -0.3 is 10.6 Å². The molecule has 5 heteroatoms. The summed E-state index contributed by atoms with van der Waals surface area (Å²) < 4.78 is 0. The molecule has 0 spiro atoms. The first-order chi connectivity index (χ1) is 8.18. The average Bonchev–Trinajstić information content (AvgIpc) is 2.79. The Kier molecular flexibility index (Phi) is 3.37. The van der Waals surface area contributed by atoms with Crippen molar-refractivity contribution in [1.82, 2.24) is 9.88 Å². The molecule has 1 aromatic rings. The second-order valence-electron chi connectivity index (χ2n) is 3.99. The summed E-state index contributed by atoms with van der Waals surface area (Å²) in [7, 11) is 0. The molecule has 1 saturated heterocycles. The van der Waals surface area contributed by atoms with Crippen LogP contribution in [0.5, 0.6) is 0 Å².